The quantitative estimate of drug-likeness (QED) is 0.810. The fraction of sp³-hybridized carbons (Fsp3) is 0.435. The van der Waals surface area contributed by atoms with Crippen LogP contribution in [0.15, 0.2) is 42.5 Å². The van der Waals surface area contributed by atoms with Crippen LogP contribution in [-0.4, -0.2) is 41.5 Å². The van der Waals surface area contributed by atoms with Gasteiger partial charge < -0.3 is 0 Å². The SMILES string of the molecule is N#Cc1cccc(CN2C[C@H](c3cccc(F)c3F)[C@@H]3[C@H]2C2CCN3CC2)c1. The Hall–Kier alpha value is -2.29. The third kappa shape index (κ3) is 2.83. The highest BCUT2D eigenvalue weighted by molar-refractivity contribution is 5.34. The van der Waals surface area contributed by atoms with Crippen molar-refractivity contribution >= 4 is 0 Å². The maximum absolute atomic E-state index is 14.7. The Kier molecular flexibility index (Phi) is 4.41. The second kappa shape index (κ2) is 6.95. The molecule has 28 heavy (non-hydrogen) atoms. The third-order valence-corrected chi connectivity index (χ3v) is 6.92. The van der Waals surface area contributed by atoms with Crippen molar-refractivity contribution in [1.82, 2.24) is 9.80 Å². The highest BCUT2D eigenvalue weighted by atomic mass is 19.2. The van der Waals surface area contributed by atoms with Crippen molar-refractivity contribution < 1.29 is 8.78 Å². The molecule has 4 heterocycles. The van der Waals surface area contributed by atoms with E-state index in [-0.39, 0.29) is 12.0 Å². The first-order valence-corrected chi connectivity index (χ1v) is 10.1. The summed E-state index contributed by atoms with van der Waals surface area (Å²) in [6.07, 6.45) is 2.35. The molecule has 4 aliphatic heterocycles. The molecule has 4 aliphatic rings. The second-order valence-corrected chi connectivity index (χ2v) is 8.35. The van der Waals surface area contributed by atoms with E-state index in [4.69, 9.17) is 0 Å². The first kappa shape index (κ1) is 17.8. The fourth-order valence-corrected chi connectivity index (χ4v) is 5.78. The summed E-state index contributed by atoms with van der Waals surface area (Å²) in [4.78, 5) is 4.94. The molecule has 2 aromatic rings. The van der Waals surface area contributed by atoms with Gasteiger partial charge in [-0.2, -0.15) is 5.26 Å². The average molecular weight is 379 g/mol. The van der Waals surface area contributed by atoms with Crippen molar-refractivity contribution in [3.63, 3.8) is 0 Å². The van der Waals surface area contributed by atoms with Gasteiger partial charge in [0.1, 0.15) is 0 Å². The van der Waals surface area contributed by atoms with Crippen molar-refractivity contribution in [2.75, 3.05) is 19.6 Å². The second-order valence-electron chi connectivity index (χ2n) is 8.35. The molecule has 0 amide bonds. The van der Waals surface area contributed by atoms with Crippen LogP contribution in [0.2, 0.25) is 0 Å². The van der Waals surface area contributed by atoms with Crippen molar-refractivity contribution in [2.24, 2.45) is 5.92 Å². The number of rotatable bonds is 3. The van der Waals surface area contributed by atoms with Crippen LogP contribution in [0.5, 0.6) is 0 Å². The van der Waals surface area contributed by atoms with E-state index < -0.39 is 11.6 Å². The maximum atomic E-state index is 14.7. The van der Waals surface area contributed by atoms with Gasteiger partial charge in [0, 0.05) is 31.1 Å². The van der Waals surface area contributed by atoms with Crippen molar-refractivity contribution in [2.45, 2.75) is 37.4 Å². The molecule has 5 heteroatoms. The van der Waals surface area contributed by atoms with Gasteiger partial charge in [-0.05, 0) is 61.2 Å². The van der Waals surface area contributed by atoms with Gasteiger partial charge in [-0.3, -0.25) is 9.80 Å². The number of likely N-dealkylation sites (tertiary alicyclic amines) is 1. The number of halogens is 2. The Morgan fingerprint density at radius 2 is 1.82 bits per heavy atom. The van der Waals surface area contributed by atoms with Crippen LogP contribution in [0.4, 0.5) is 8.78 Å². The standard InChI is InChI=1S/C23H23F2N3/c24-20-6-2-5-18(21(20)25)19-14-28(13-16-4-1-3-15(11-16)12-26)22-17-7-9-27(10-8-17)23(19)22/h1-6,11,17,19,22-23H,7-10,13-14H2/t19-,22-,23-/m1/s1. The van der Waals surface area contributed by atoms with E-state index in [9.17, 15) is 14.0 Å². The minimum atomic E-state index is -0.759. The molecule has 0 N–H and O–H groups in total. The Morgan fingerprint density at radius 3 is 2.61 bits per heavy atom. The Labute approximate surface area is 164 Å². The molecule has 2 aromatic carbocycles. The summed E-state index contributed by atoms with van der Waals surface area (Å²) in [6.45, 7) is 3.57. The van der Waals surface area contributed by atoms with Crippen LogP contribution < -0.4 is 0 Å². The van der Waals surface area contributed by atoms with Gasteiger partial charge in [0.2, 0.25) is 0 Å². The van der Waals surface area contributed by atoms with Crippen molar-refractivity contribution in [3.8, 4) is 6.07 Å². The Bertz CT molecular complexity index is 930. The predicted octanol–water partition coefficient (Wildman–Crippen LogP) is 3.90. The maximum Gasteiger partial charge on any atom is 0.162 e. The molecule has 0 spiro atoms. The van der Waals surface area contributed by atoms with E-state index in [1.165, 1.54) is 18.9 Å². The summed E-state index contributed by atoms with van der Waals surface area (Å²) in [5.74, 6) is -0.869. The highest BCUT2D eigenvalue weighted by Gasteiger charge is 2.53. The molecule has 0 aliphatic carbocycles. The van der Waals surface area contributed by atoms with E-state index in [1.54, 1.807) is 12.1 Å². The lowest BCUT2D eigenvalue weighted by Crippen LogP contribution is -2.60. The summed E-state index contributed by atoms with van der Waals surface area (Å²) in [6, 6.07) is 15.1. The number of hydrogen-bond donors (Lipinski definition) is 0. The zero-order valence-corrected chi connectivity index (χ0v) is 15.7. The number of fused-ring (bicyclic) bond motifs is 2. The average Bonchev–Trinajstić information content (AvgIpc) is 3.12. The van der Waals surface area contributed by atoms with Crippen LogP contribution in [0.3, 0.4) is 0 Å². The highest BCUT2D eigenvalue weighted by Crippen LogP contribution is 2.47. The largest absolute Gasteiger partial charge is 0.298 e. The van der Waals surface area contributed by atoms with E-state index in [0.29, 0.717) is 23.1 Å². The van der Waals surface area contributed by atoms with E-state index in [0.717, 1.165) is 31.7 Å². The molecule has 4 fully saturated rings. The molecule has 0 aromatic heterocycles. The number of benzene rings is 2. The molecule has 4 saturated heterocycles. The van der Waals surface area contributed by atoms with Crippen molar-refractivity contribution in [1.29, 1.82) is 5.26 Å². The molecule has 6 rings (SSSR count). The molecule has 144 valence electrons. The molecular weight excluding hydrogens is 356 g/mol. The molecule has 0 radical (unpaired) electrons. The number of nitrogens with zero attached hydrogens (tertiary/aromatic N) is 3. The molecule has 3 atom stereocenters. The monoisotopic (exact) mass is 379 g/mol. The molecule has 2 bridgehead atoms. The number of hydrogen-bond acceptors (Lipinski definition) is 3. The molecule has 0 saturated carbocycles. The van der Waals surface area contributed by atoms with Gasteiger partial charge in [-0.1, -0.05) is 24.3 Å². The molecular formula is C23H23F2N3. The van der Waals surface area contributed by atoms with Gasteiger partial charge in [0.15, 0.2) is 11.6 Å². The first-order chi connectivity index (χ1) is 13.7. The van der Waals surface area contributed by atoms with Crippen LogP contribution >= 0.6 is 0 Å². The molecule has 0 unspecified atom stereocenters. The van der Waals surface area contributed by atoms with E-state index in [1.807, 2.05) is 24.3 Å². The minimum absolute atomic E-state index is 0.0250. The third-order valence-electron chi connectivity index (χ3n) is 6.92. The predicted molar refractivity (Wildman–Crippen MR) is 103 cm³/mol. The van der Waals surface area contributed by atoms with Crippen molar-refractivity contribution in [3.05, 3.63) is 70.8 Å². The van der Waals surface area contributed by atoms with E-state index in [2.05, 4.69) is 15.9 Å². The smallest absolute Gasteiger partial charge is 0.162 e. The summed E-state index contributed by atoms with van der Waals surface area (Å²) < 4.78 is 28.6. The van der Waals surface area contributed by atoms with E-state index >= 15 is 0 Å². The summed E-state index contributed by atoms with van der Waals surface area (Å²) in [5, 5.41) is 9.20. The van der Waals surface area contributed by atoms with Gasteiger partial charge in [0.05, 0.1) is 11.6 Å². The van der Waals surface area contributed by atoms with Crippen LogP contribution in [-0.2, 0) is 6.54 Å². The summed E-state index contributed by atoms with van der Waals surface area (Å²) in [7, 11) is 0. The molecule has 3 nitrogen and oxygen atoms in total. The number of nitriles is 1. The van der Waals surface area contributed by atoms with Crippen LogP contribution in [0.1, 0.15) is 35.4 Å². The lowest BCUT2D eigenvalue weighted by molar-refractivity contribution is -0.00888. The fourth-order valence-electron chi connectivity index (χ4n) is 5.78. The van der Waals surface area contributed by atoms with Gasteiger partial charge in [-0.25, -0.2) is 8.78 Å². The lowest BCUT2D eigenvalue weighted by atomic mass is 9.75. The first-order valence-electron chi connectivity index (χ1n) is 10.1. The topological polar surface area (TPSA) is 30.3 Å². The number of piperidine rings is 3. The van der Waals surface area contributed by atoms with Crippen LogP contribution in [0, 0.1) is 28.9 Å². The Balaban J connectivity index is 1.50. The zero-order valence-electron chi connectivity index (χ0n) is 15.7. The van der Waals surface area contributed by atoms with Crippen LogP contribution in [0.25, 0.3) is 0 Å². The minimum Gasteiger partial charge on any atom is -0.298 e. The van der Waals surface area contributed by atoms with Gasteiger partial charge in [-0.15, -0.1) is 0 Å². The van der Waals surface area contributed by atoms with Gasteiger partial charge >= 0.3 is 0 Å². The lowest BCUT2D eigenvalue weighted by Gasteiger charge is -2.51. The normalized spacial score (nSPS) is 31.5. The Morgan fingerprint density at radius 1 is 1.04 bits per heavy atom. The summed E-state index contributed by atoms with van der Waals surface area (Å²) in [5.41, 5.74) is 2.28. The zero-order chi connectivity index (χ0) is 19.3. The summed E-state index contributed by atoms with van der Waals surface area (Å²) >= 11 is 0. The van der Waals surface area contributed by atoms with Gasteiger partial charge in [0.25, 0.3) is 0 Å².